The number of para-hydroxylation sites is 2. The van der Waals surface area contributed by atoms with Crippen molar-refractivity contribution in [3.05, 3.63) is 59.1 Å². The number of benzene rings is 2. The van der Waals surface area contributed by atoms with E-state index >= 15 is 0 Å². The number of hydrogen-bond acceptors (Lipinski definition) is 3. The van der Waals surface area contributed by atoms with Crippen molar-refractivity contribution >= 4 is 29.4 Å². The van der Waals surface area contributed by atoms with E-state index in [2.05, 4.69) is 16.0 Å². The Hall–Kier alpha value is -2.93. The van der Waals surface area contributed by atoms with Gasteiger partial charge in [0.15, 0.2) is 0 Å². The first kappa shape index (κ1) is 21.8. The number of nitrogens with one attached hydrogen (secondary N) is 3. The summed E-state index contributed by atoms with van der Waals surface area (Å²) in [5, 5.41) is 9.34. The minimum Gasteiger partial charge on any atom is -0.495 e. The van der Waals surface area contributed by atoms with Crippen molar-refractivity contribution in [2.45, 2.75) is 19.4 Å². The summed E-state index contributed by atoms with van der Waals surface area (Å²) in [6, 6.07) is 14.4. The highest BCUT2D eigenvalue weighted by molar-refractivity contribution is 6.30. The fraction of sp³-hybridized carbons (Fsp3) is 0.364. The number of likely N-dealkylation sites (tertiary alicyclic amines) is 1. The van der Waals surface area contributed by atoms with E-state index in [0.717, 1.165) is 18.4 Å². The standard InChI is InChI=1S/C22H27ClN4O3/c1-30-20-5-3-2-4-19(20)26-22(29)27-12-10-17(11-13-27)15-25-21(28)24-14-16-6-8-18(23)9-7-16/h2-9,17H,10-15H2,1H3,(H,26,29)(H2,24,25,28). The van der Waals surface area contributed by atoms with Gasteiger partial charge in [-0.3, -0.25) is 0 Å². The van der Waals surface area contributed by atoms with Crippen LogP contribution in [0.5, 0.6) is 5.75 Å². The fourth-order valence-electron chi connectivity index (χ4n) is 3.37. The summed E-state index contributed by atoms with van der Waals surface area (Å²) >= 11 is 5.86. The number of methoxy groups -OCH3 is 1. The molecule has 0 unspecified atom stereocenters. The van der Waals surface area contributed by atoms with Crippen molar-refractivity contribution in [1.82, 2.24) is 15.5 Å². The van der Waals surface area contributed by atoms with Crippen molar-refractivity contribution in [1.29, 1.82) is 0 Å². The van der Waals surface area contributed by atoms with Gasteiger partial charge in [-0.05, 0) is 48.6 Å². The first-order chi connectivity index (χ1) is 14.5. The lowest BCUT2D eigenvalue weighted by atomic mass is 9.97. The zero-order valence-electron chi connectivity index (χ0n) is 17.0. The lowest BCUT2D eigenvalue weighted by Gasteiger charge is -2.32. The van der Waals surface area contributed by atoms with Crippen LogP contribution < -0.4 is 20.7 Å². The highest BCUT2D eigenvalue weighted by Crippen LogP contribution is 2.24. The lowest BCUT2D eigenvalue weighted by Crippen LogP contribution is -2.44. The molecule has 1 heterocycles. The average molecular weight is 431 g/mol. The van der Waals surface area contributed by atoms with E-state index < -0.39 is 0 Å². The summed E-state index contributed by atoms with van der Waals surface area (Å²) in [4.78, 5) is 26.3. The number of hydrogen-bond donors (Lipinski definition) is 3. The molecule has 8 heteroatoms. The molecule has 0 radical (unpaired) electrons. The maximum absolute atomic E-state index is 12.5. The van der Waals surface area contributed by atoms with Crippen LogP contribution in [0.25, 0.3) is 0 Å². The molecule has 0 aromatic heterocycles. The van der Waals surface area contributed by atoms with E-state index in [0.29, 0.717) is 48.6 Å². The highest BCUT2D eigenvalue weighted by Gasteiger charge is 2.23. The molecule has 3 N–H and O–H groups in total. The minimum atomic E-state index is -0.193. The van der Waals surface area contributed by atoms with Crippen LogP contribution in [0.3, 0.4) is 0 Å². The van der Waals surface area contributed by atoms with Gasteiger partial charge in [-0.1, -0.05) is 35.9 Å². The van der Waals surface area contributed by atoms with Crippen LogP contribution in [0.4, 0.5) is 15.3 Å². The van der Waals surface area contributed by atoms with Gasteiger partial charge in [0.1, 0.15) is 5.75 Å². The number of halogens is 1. The zero-order valence-corrected chi connectivity index (χ0v) is 17.7. The smallest absolute Gasteiger partial charge is 0.321 e. The van der Waals surface area contributed by atoms with E-state index in [1.165, 1.54) is 0 Å². The largest absolute Gasteiger partial charge is 0.495 e. The Kier molecular flexibility index (Phi) is 7.79. The van der Waals surface area contributed by atoms with Crippen LogP contribution in [-0.2, 0) is 6.54 Å². The van der Waals surface area contributed by atoms with Crippen LogP contribution >= 0.6 is 11.6 Å². The zero-order chi connectivity index (χ0) is 21.3. The van der Waals surface area contributed by atoms with Crippen LogP contribution in [-0.4, -0.2) is 43.7 Å². The van der Waals surface area contributed by atoms with E-state index in [1.807, 2.05) is 36.4 Å². The first-order valence-corrected chi connectivity index (χ1v) is 10.4. The number of carbonyl (C=O) groups excluding carboxylic acids is 2. The molecule has 160 valence electrons. The molecule has 2 aromatic carbocycles. The second-order valence-electron chi connectivity index (χ2n) is 7.25. The molecule has 0 atom stereocenters. The van der Waals surface area contributed by atoms with Crippen LogP contribution in [0.2, 0.25) is 5.02 Å². The monoisotopic (exact) mass is 430 g/mol. The molecular formula is C22H27ClN4O3. The van der Waals surface area contributed by atoms with E-state index in [-0.39, 0.29) is 12.1 Å². The number of carbonyl (C=O) groups is 2. The summed E-state index contributed by atoms with van der Waals surface area (Å²) in [7, 11) is 1.58. The van der Waals surface area contributed by atoms with Crippen molar-refractivity contribution in [2.75, 3.05) is 32.1 Å². The molecule has 0 aliphatic carbocycles. The van der Waals surface area contributed by atoms with Gasteiger partial charge in [0.2, 0.25) is 0 Å². The van der Waals surface area contributed by atoms with Gasteiger partial charge in [-0.25, -0.2) is 9.59 Å². The number of piperidine rings is 1. The van der Waals surface area contributed by atoms with Gasteiger partial charge >= 0.3 is 12.1 Å². The van der Waals surface area contributed by atoms with Crippen LogP contribution in [0.15, 0.2) is 48.5 Å². The summed E-state index contributed by atoms with van der Waals surface area (Å²) in [6.45, 7) is 2.35. The molecule has 1 saturated heterocycles. The van der Waals surface area contributed by atoms with Crippen molar-refractivity contribution in [3.63, 3.8) is 0 Å². The molecule has 0 spiro atoms. The topological polar surface area (TPSA) is 82.7 Å². The summed E-state index contributed by atoms with van der Waals surface area (Å²) in [5.74, 6) is 0.983. The molecular weight excluding hydrogens is 404 g/mol. The maximum Gasteiger partial charge on any atom is 0.321 e. The second kappa shape index (κ2) is 10.7. The van der Waals surface area contributed by atoms with Gasteiger partial charge in [-0.15, -0.1) is 0 Å². The van der Waals surface area contributed by atoms with E-state index in [9.17, 15) is 9.59 Å². The normalized spacial score (nSPS) is 14.1. The molecule has 2 aromatic rings. The maximum atomic E-state index is 12.5. The predicted molar refractivity (Wildman–Crippen MR) is 118 cm³/mol. The average Bonchev–Trinajstić information content (AvgIpc) is 2.78. The quantitative estimate of drug-likeness (QED) is 0.645. The molecule has 4 amide bonds. The third-order valence-corrected chi connectivity index (χ3v) is 5.42. The molecule has 0 saturated carbocycles. The van der Waals surface area contributed by atoms with Crippen LogP contribution in [0, 0.1) is 5.92 Å². The molecule has 3 rings (SSSR count). The Morgan fingerprint density at radius 2 is 1.77 bits per heavy atom. The van der Waals surface area contributed by atoms with Gasteiger partial charge in [0, 0.05) is 31.2 Å². The number of urea groups is 2. The van der Waals surface area contributed by atoms with Gasteiger partial charge in [0.05, 0.1) is 12.8 Å². The Morgan fingerprint density at radius 3 is 2.47 bits per heavy atom. The molecule has 0 bridgehead atoms. The van der Waals surface area contributed by atoms with Gasteiger partial charge in [-0.2, -0.15) is 0 Å². The van der Waals surface area contributed by atoms with Gasteiger partial charge < -0.3 is 25.6 Å². The molecule has 1 aliphatic rings. The Labute approximate surface area is 181 Å². The number of anilines is 1. The number of amides is 4. The van der Waals surface area contributed by atoms with E-state index in [4.69, 9.17) is 16.3 Å². The minimum absolute atomic E-state index is 0.133. The molecule has 7 nitrogen and oxygen atoms in total. The summed E-state index contributed by atoms with van der Waals surface area (Å²) in [6.07, 6.45) is 1.69. The Balaban J connectivity index is 1.36. The number of rotatable bonds is 6. The molecule has 30 heavy (non-hydrogen) atoms. The summed E-state index contributed by atoms with van der Waals surface area (Å²) in [5.41, 5.74) is 1.65. The van der Waals surface area contributed by atoms with E-state index in [1.54, 1.807) is 24.1 Å². The first-order valence-electron chi connectivity index (χ1n) is 10.00. The lowest BCUT2D eigenvalue weighted by molar-refractivity contribution is 0.180. The fourth-order valence-corrected chi connectivity index (χ4v) is 3.49. The predicted octanol–water partition coefficient (Wildman–Crippen LogP) is 4.09. The Bertz CT molecular complexity index is 852. The van der Waals surface area contributed by atoms with Crippen molar-refractivity contribution in [2.24, 2.45) is 5.92 Å². The third-order valence-electron chi connectivity index (χ3n) is 5.17. The van der Waals surface area contributed by atoms with Gasteiger partial charge in [0.25, 0.3) is 0 Å². The number of nitrogens with zero attached hydrogens (tertiary/aromatic N) is 1. The van der Waals surface area contributed by atoms with Crippen molar-refractivity contribution < 1.29 is 14.3 Å². The van der Waals surface area contributed by atoms with Crippen molar-refractivity contribution in [3.8, 4) is 5.75 Å². The molecule has 1 fully saturated rings. The SMILES string of the molecule is COc1ccccc1NC(=O)N1CCC(CNC(=O)NCc2ccc(Cl)cc2)CC1. The van der Waals surface area contributed by atoms with Crippen LogP contribution in [0.1, 0.15) is 18.4 Å². The molecule has 1 aliphatic heterocycles. The number of ether oxygens (including phenoxy) is 1. The third kappa shape index (κ3) is 6.29. The Morgan fingerprint density at radius 1 is 1.07 bits per heavy atom. The second-order valence-corrected chi connectivity index (χ2v) is 7.69. The highest BCUT2D eigenvalue weighted by atomic mass is 35.5. The summed E-state index contributed by atoms with van der Waals surface area (Å²) < 4.78 is 5.27.